The van der Waals surface area contributed by atoms with Gasteiger partial charge in [-0.15, -0.1) is 11.8 Å². The molecule has 8 heteroatoms. The van der Waals surface area contributed by atoms with Crippen molar-refractivity contribution in [3.05, 3.63) is 105 Å². The molecule has 160 valence electrons. The number of benzene rings is 3. The fraction of sp³-hybridized carbons (Fsp3) is 0.0417. The van der Waals surface area contributed by atoms with Gasteiger partial charge in [0.1, 0.15) is 5.03 Å². The van der Waals surface area contributed by atoms with E-state index in [1.807, 2.05) is 54.6 Å². The Balaban J connectivity index is 1.55. The molecular formula is C24H15Cl3N2O2S. The second kappa shape index (κ2) is 10.4. The van der Waals surface area contributed by atoms with E-state index in [0.717, 1.165) is 27.1 Å². The number of hydrogen-bond acceptors (Lipinski definition) is 5. The average molecular weight is 502 g/mol. The lowest BCUT2D eigenvalue weighted by molar-refractivity contribution is 0.0519. The second-order valence-electron chi connectivity index (χ2n) is 6.73. The Hall–Kier alpha value is -2.57. The lowest BCUT2D eigenvalue weighted by atomic mass is 10.2. The number of oxime groups is 1. The largest absolute Gasteiger partial charge is 0.365 e. The maximum atomic E-state index is 12.3. The minimum absolute atomic E-state index is 0.255. The van der Waals surface area contributed by atoms with Gasteiger partial charge in [-0.1, -0.05) is 70.3 Å². The third-order valence-corrected chi connectivity index (χ3v) is 6.56. The molecule has 0 fully saturated rings. The molecule has 4 aromatic rings. The number of carbonyl (C=O) groups is 1. The molecule has 4 nitrogen and oxygen atoms in total. The number of fused-ring (bicyclic) bond motifs is 1. The topological polar surface area (TPSA) is 51.5 Å². The van der Waals surface area contributed by atoms with Gasteiger partial charge in [0, 0.05) is 21.7 Å². The van der Waals surface area contributed by atoms with Crippen molar-refractivity contribution in [2.45, 2.75) is 10.8 Å². The summed E-state index contributed by atoms with van der Waals surface area (Å²) < 4.78 is 0. The Morgan fingerprint density at radius 2 is 1.75 bits per heavy atom. The molecule has 3 aromatic carbocycles. The van der Waals surface area contributed by atoms with E-state index in [4.69, 9.17) is 44.6 Å². The first-order valence-corrected chi connectivity index (χ1v) is 11.6. The van der Waals surface area contributed by atoms with Gasteiger partial charge < -0.3 is 4.84 Å². The van der Waals surface area contributed by atoms with Gasteiger partial charge in [0.15, 0.2) is 0 Å². The van der Waals surface area contributed by atoms with E-state index in [-0.39, 0.29) is 10.6 Å². The Kier molecular flexibility index (Phi) is 7.33. The Labute approximate surface area is 204 Å². The van der Waals surface area contributed by atoms with Gasteiger partial charge in [0.25, 0.3) is 0 Å². The predicted octanol–water partition coefficient (Wildman–Crippen LogP) is 7.68. The zero-order chi connectivity index (χ0) is 22.5. The number of carbonyl (C=O) groups excluding carboxylic acids is 1. The van der Waals surface area contributed by atoms with Crippen LogP contribution >= 0.6 is 46.6 Å². The Bertz CT molecular complexity index is 1310. The van der Waals surface area contributed by atoms with Crippen LogP contribution in [0.3, 0.4) is 0 Å². The number of thioether (sulfide) groups is 1. The molecule has 0 aliphatic carbocycles. The summed E-state index contributed by atoms with van der Waals surface area (Å²) in [7, 11) is 0. The van der Waals surface area contributed by atoms with Gasteiger partial charge in [-0.3, -0.25) is 0 Å². The molecule has 0 radical (unpaired) electrons. The SMILES string of the molecule is O=C(O/N=C/c1cc2ccccc2nc1SCc1ccc(Cl)cc1)c1ccc(Cl)c(Cl)c1. The number of halogens is 3. The number of pyridine rings is 1. The molecule has 1 heterocycles. The van der Waals surface area contributed by atoms with Crippen LogP contribution in [0.2, 0.25) is 15.1 Å². The highest BCUT2D eigenvalue weighted by atomic mass is 35.5. The first kappa shape index (κ1) is 22.6. The van der Waals surface area contributed by atoms with Crippen molar-refractivity contribution in [1.82, 2.24) is 4.98 Å². The van der Waals surface area contributed by atoms with E-state index in [1.54, 1.807) is 11.8 Å². The van der Waals surface area contributed by atoms with E-state index in [9.17, 15) is 4.79 Å². The van der Waals surface area contributed by atoms with E-state index in [2.05, 4.69) is 5.16 Å². The standard InChI is InChI=1S/C24H15Cl3N2O2S/c25-19-8-5-15(6-9-19)14-32-23-18(11-16-3-1-2-4-22(16)29-23)13-28-31-24(30)17-7-10-20(26)21(27)12-17/h1-13H,14H2/b28-13+. The third-order valence-electron chi connectivity index (χ3n) is 4.49. The van der Waals surface area contributed by atoms with Crippen LogP contribution in [0.1, 0.15) is 21.5 Å². The lowest BCUT2D eigenvalue weighted by Crippen LogP contribution is -2.01. The number of aromatic nitrogens is 1. The molecule has 1 aromatic heterocycles. The van der Waals surface area contributed by atoms with Crippen LogP contribution in [-0.2, 0) is 10.6 Å². The first-order chi connectivity index (χ1) is 15.5. The molecule has 0 atom stereocenters. The van der Waals surface area contributed by atoms with Crippen molar-refractivity contribution >= 4 is 69.7 Å². The van der Waals surface area contributed by atoms with Crippen molar-refractivity contribution in [3.63, 3.8) is 0 Å². The normalized spacial score (nSPS) is 11.2. The summed E-state index contributed by atoms with van der Waals surface area (Å²) in [5, 5.41) is 6.93. The molecule has 0 N–H and O–H groups in total. The molecule has 0 saturated heterocycles. The highest BCUT2D eigenvalue weighted by molar-refractivity contribution is 7.98. The van der Waals surface area contributed by atoms with Gasteiger partial charge >= 0.3 is 5.97 Å². The van der Waals surface area contributed by atoms with Crippen molar-refractivity contribution in [3.8, 4) is 0 Å². The molecule has 0 saturated carbocycles. The van der Waals surface area contributed by atoms with Crippen LogP contribution < -0.4 is 0 Å². The summed E-state index contributed by atoms with van der Waals surface area (Å²) in [6, 6.07) is 21.9. The van der Waals surface area contributed by atoms with Crippen LogP contribution in [0.25, 0.3) is 10.9 Å². The fourth-order valence-corrected chi connectivity index (χ4v) is 4.22. The Morgan fingerprint density at radius 1 is 0.969 bits per heavy atom. The quantitative estimate of drug-likeness (QED) is 0.118. The monoisotopic (exact) mass is 500 g/mol. The maximum absolute atomic E-state index is 12.3. The molecule has 32 heavy (non-hydrogen) atoms. The van der Waals surface area contributed by atoms with Crippen LogP contribution in [0.4, 0.5) is 0 Å². The maximum Gasteiger partial charge on any atom is 0.365 e. The van der Waals surface area contributed by atoms with Crippen LogP contribution in [0, 0.1) is 0 Å². The van der Waals surface area contributed by atoms with Crippen molar-refractivity contribution in [1.29, 1.82) is 0 Å². The van der Waals surface area contributed by atoms with E-state index in [0.29, 0.717) is 15.8 Å². The molecule has 4 rings (SSSR count). The van der Waals surface area contributed by atoms with Gasteiger partial charge in [0.05, 0.1) is 27.3 Å². The number of nitrogens with zero attached hydrogens (tertiary/aromatic N) is 2. The van der Waals surface area contributed by atoms with Gasteiger partial charge in [-0.05, 0) is 48.0 Å². The Morgan fingerprint density at radius 3 is 2.53 bits per heavy atom. The first-order valence-electron chi connectivity index (χ1n) is 9.46. The van der Waals surface area contributed by atoms with E-state index in [1.165, 1.54) is 24.4 Å². The zero-order valence-corrected chi connectivity index (χ0v) is 19.6. The van der Waals surface area contributed by atoms with Gasteiger partial charge in [-0.2, -0.15) is 0 Å². The summed E-state index contributed by atoms with van der Waals surface area (Å²) in [6.45, 7) is 0. The number of rotatable bonds is 6. The van der Waals surface area contributed by atoms with Crippen LogP contribution in [-0.4, -0.2) is 17.2 Å². The molecule has 0 bridgehead atoms. The highest BCUT2D eigenvalue weighted by Gasteiger charge is 2.11. The number of hydrogen-bond donors (Lipinski definition) is 0. The minimum Gasteiger partial charge on any atom is -0.313 e. The van der Waals surface area contributed by atoms with Crippen molar-refractivity contribution in [2.24, 2.45) is 5.16 Å². The van der Waals surface area contributed by atoms with Crippen LogP contribution in [0.15, 0.2) is 83.0 Å². The predicted molar refractivity (Wildman–Crippen MR) is 132 cm³/mol. The molecule has 0 aliphatic rings. The summed E-state index contributed by atoms with van der Waals surface area (Å²) in [6.07, 6.45) is 1.49. The third kappa shape index (κ3) is 5.61. The van der Waals surface area contributed by atoms with E-state index >= 15 is 0 Å². The summed E-state index contributed by atoms with van der Waals surface area (Å²) in [5.74, 6) is 0.0656. The molecule has 0 aliphatic heterocycles. The van der Waals surface area contributed by atoms with Gasteiger partial charge in [0.2, 0.25) is 0 Å². The highest BCUT2D eigenvalue weighted by Crippen LogP contribution is 2.28. The minimum atomic E-state index is -0.635. The number of para-hydroxylation sites is 1. The summed E-state index contributed by atoms with van der Waals surface area (Å²) in [4.78, 5) is 22.1. The summed E-state index contributed by atoms with van der Waals surface area (Å²) in [5.41, 5.74) is 2.98. The molecule has 0 amide bonds. The smallest absolute Gasteiger partial charge is 0.313 e. The molecule has 0 spiro atoms. The van der Waals surface area contributed by atoms with Gasteiger partial charge in [-0.25, -0.2) is 9.78 Å². The fourth-order valence-electron chi connectivity index (χ4n) is 2.86. The van der Waals surface area contributed by atoms with Crippen molar-refractivity contribution in [2.75, 3.05) is 0 Å². The summed E-state index contributed by atoms with van der Waals surface area (Å²) >= 11 is 19.4. The van der Waals surface area contributed by atoms with E-state index < -0.39 is 5.97 Å². The average Bonchev–Trinajstić information content (AvgIpc) is 2.80. The van der Waals surface area contributed by atoms with Crippen LogP contribution in [0.5, 0.6) is 0 Å². The van der Waals surface area contributed by atoms with Crippen molar-refractivity contribution < 1.29 is 9.63 Å². The molecule has 0 unspecified atom stereocenters. The molecular weight excluding hydrogens is 487 g/mol. The second-order valence-corrected chi connectivity index (χ2v) is 8.95. The zero-order valence-electron chi connectivity index (χ0n) is 16.5. The lowest BCUT2D eigenvalue weighted by Gasteiger charge is -2.08.